The van der Waals surface area contributed by atoms with Crippen molar-refractivity contribution < 1.29 is 41.1 Å². The zero-order chi connectivity index (χ0) is 21.0. The van der Waals surface area contributed by atoms with Crippen LogP contribution in [0.25, 0.3) is 0 Å². The molecule has 0 N–H and O–H groups in total. The molecule has 1 saturated heterocycles. The van der Waals surface area contributed by atoms with Crippen LogP contribution in [0.2, 0.25) is 0 Å². The molecule has 1 heterocycles. The molecule has 0 saturated carbocycles. The molecule has 158 valence electrons. The molecule has 0 unspecified atom stereocenters. The zero-order valence-corrected chi connectivity index (χ0v) is 17.7. The minimum Gasteiger partial charge on any atom is -0.462 e. The fraction of sp³-hybridized carbons (Fsp3) is 0.882. The summed E-state index contributed by atoms with van der Waals surface area (Å²) in [7, 11) is -3.88. The van der Waals surface area contributed by atoms with Gasteiger partial charge in [0.1, 0.15) is 12.2 Å². The summed E-state index contributed by atoms with van der Waals surface area (Å²) in [5.74, 6) is -3.91. The van der Waals surface area contributed by atoms with E-state index in [1.165, 1.54) is 0 Å². The van der Waals surface area contributed by atoms with E-state index in [0.717, 1.165) is 6.26 Å². The molecule has 0 aromatic rings. The number of hydrogen-bond acceptors (Lipinski definition) is 9. The summed E-state index contributed by atoms with van der Waals surface area (Å²) in [6, 6.07) is 0. The van der Waals surface area contributed by atoms with Crippen LogP contribution in [-0.4, -0.2) is 63.4 Å². The summed E-state index contributed by atoms with van der Waals surface area (Å²) in [6.45, 7) is 9.96. The second-order valence-corrected chi connectivity index (χ2v) is 9.07. The van der Waals surface area contributed by atoms with Crippen LogP contribution in [0.3, 0.4) is 0 Å². The molecule has 0 amide bonds. The van der Waals surface area contributed by atoms with Gasteiger partial charge in [-0.25, -0.2) is 0 Å². The standard InChI is InChI=1S/C17H30O9S/c1-10(2)23-15(18)12(16(19)24-11(3)4)8-13(26-27(7,20)21)14-9-22-17(5,6)25-14/h10-14H,8-9H2,1-7H3/t13-,14-/m1/s1. The van der Waals surface area contributed by atoms with Crippen molar-refractivity contribution in [1.29, 1.82) is 0 Å². The minimum atomic E-state index is -3.88. The van der Waals surface area contributed by atoms with Gasteiger partial charge >= 0.3 is 11.9 Å². The van der Waals surface area contributed by atoms with Crippen molar-refractivity contribution >= 4 is 22.1 Å². The van der Waals surface area contributed by atoms with Crippen molar-refractivity contribution in [1.82, 2.24) is 0 Å². The SMILES string of the molecule is CC(C)OC(=O)C(C[C@@H](OS(C)(=O)=O)[C@H]1COC(C)(C)O1)C(=O)OC(C)C. The molecule has 0 spiro atoms. The molecule has 27 heavy (non-hydrogen) atoms. The molecule has 1 fully saturated rings. The van der Waals surface area contributed by atoms with Gasteiger partial charge in [-0.15, -0.1) is 0 Å². The van der Waals surface area contributed by atoms with Crippen LogP contribution in [0.1, 0.15) is 48.0 Å². The van der Waals surface area contributed by atoms with Crippen LogP contribution in [0, 0.1) is 5.92 Å². The van der Waals surface area contributed by atoms with Gasteiger partial charge in [0.15, 0.2) is 11.7 Å². The third kappa shape index (κ3) is 8.54. The molecule has 1 rings (SSSR count). The van der Waals surface area contributed by atoms with E-state index < -0.39 is 58.2 Å². The highest BCUT2D eigenvalue weighted by molar-refractivity contribution is 7.86. The van der Waals surface area contributed by atoms with Gasteiger partial charge in [-0.3, -0.25) is 13.8 Å². The fourth-order valence-corrected chi connectivity index (χ4v) is 3.18. The molecule has 0 aromatic heterocycles. The summed E-state index contributed by atoms with van der Waals surface area (Å²) < 4.78 is 49.9. The lowest BCUT2D eigenvalue weighted by Crippen LogP contribution is -2.41. The van der Waals surface area contributed by atoms with Crippen molar-refractivity contribution in [3.05, 3.63) is 0 Å². The Labute approximate surface area is 160 Å². The van der Waals surface area contributed by atoms with E-state index in [1.54, 1.807) is 41.5 Å². The van der Waals surface area contributed by atoms with Gasteiger partial charge in [0, 0.05) is 6.42 Å². The van der Waals surface area contributed by atoms with Gasteiger partial charge < -0.3 is 18.9 Å². The molecular weight excluding hydrogens is 380 g/mol. The summed E-state index contributed by atoms with van der Waals surface area (Å²) >= 11 is 0. The Morgan fingerprint density at radius 1 is 1.07 bits per heavy atom. The third-order valence-electron chi connectivity index (χ3n) is 3.48. The quantitative estimate of drug-likeness (QED) is 0.316. The largest absolute Gasteiger partial charge is 0.462 e. The number of carbonyl (C=O) groups excluding carboxylic acids is 2. The molecule has 1 aliphatic heterocycles. The first-order chi connectivity index (χ1) is 12.2. The average molecular weight is 410 g/mol. The molecule has 10 heteroatoms. The summed E-state index contributed by atoms with van der Waals surface area (Å²) in [4.78, 5) is 24.8. The molecule has 0 radical (unpaired) electrons. The van der Waals surface area contributed by atoms with E-state index in [9.17, 15) is 18.0 Å². The number of rotatable bonds is 9. The van der Waals surface area contributed by atoms with Crippen molar-refractivity contribution in [2.24, 2.45) is 5.92 Å². The van der Waals surface area contributed by atoms with Crippen molar-refractivity contribution in [2.75, 3.05) is 12.9 Å². The maximum absolute atomic E-state index is 12.4. The Kier molecular flexibility index (Phi) is 8.21. The average Bonchev–Trinajstić information content (AvgIpc) is 2.80. The Morgan fingerprint density at radius 2 is 1.56 bits per heavy atom. The van der Waals surface area contributed by atoms with E-state index in [-0.39, 0.29) is 13.0 Å². The summed E-state index contributed by atoms with van der Waals surface area (Å²) in [6.07, 6.45) is -2.21. The number of ether oxygens (including phenoxy) is 4. The van der Waals surface area contributed by atoms with E-state index >= 15 is 0 Å². The van der Waals surface area contributed by atoms with E-state index in [2.05, 4.69) is 0 Å². The number of carbonyl (C=O) groups is 2. The highest BCUT2D eigenvalue weighted by Crippen LogP contribution is 2.29. The maximum Gasteiger partial charge on any atom is 0.320 e. The van der Waals surface area contributed by atoms with Gasteiger partial charge in [-0.1, -0.05) is 0 Å². The first-order valence-corrected chi connectivity index (χ1v) is 10.6. The van der Waals surface area contributed by atoms with Crippen LogP contribution in [0.15, 0.2) is 0 Å². The van der Waals surface area contributed by atoms with Crippen LogP contribution in [0.5, 0.6) is 0 Å². The maximum atomic E-state index is 12.4. The minimum absolute atomic E-state index is 0.0539. The van der Waals surface area contributed by atoms with Crippen molar-refractivity contribution in [3.63, 3.8) is 0 Å². The van der Waals surface area contributed by atoms with Gasteiger partial charge in [0.25, 0.3) is 10.1 Å². The summed E-state index contributed by atoms with van der Waals surface area (Å²) in [5, 5.41) is 0. The predicted octanol–water partition coefficient (Wildman–Crippen LogP) is 1.39. The lowest BCUT2D eigenvalue weighted by atomic mass is 9.98. The number of esters is 2. The zero-order valence-electron chi connectivity index (χ0n) is 16.9. The smallest absolute Gasteiger partial charge is 0.320 e. The van der Waals surface area contributed by atoms with Crippen LogP contribution in [-0.2, 0) is 42.8 Å². The first-order valence-electron chi connectivity index (χ1n) is 8.81. The third-order valence-corrected chi connectivity index (χ3v) is 4.08. The van der Waals surface area contributed by atoms with Crippen molar-refractivity contribution in [2.45, 2.75) is 78.2 Å². The molecule has 1 aliphatic rings. The summed E-state index contributed by atoms with van der Waals surface area (Å²) in [5.41, 5.74) is 0. The Bertz CT molecular complexity index is 602. The van der Waals surface area contributed by atoms with Gasteiger partial charge in [-0.2, -0.15) is 8.42 Å². The molecule has 0 aromatic carbocycles. The second kappa shape index (κ2) is 9.31. The lowest BCUT2D eigenvalue weighted by molar-refractivity contribution is -0.170. The first kappa shape index (κ1) is 23.8. The molecule has 9 nitrogen and oxygen atoms in total. The normalized spacial score (nSPS) is 20.9. The highest BCUT2D eigenvalue weighted by atomic mass is 32.2. The highest BCUT2D eigenvalue weighted by Gasteiger charge is 2.43. The molecular formula is C17H30O9S. The van der Waals surface area contributed by atoms with Crippen LogP contribution >= 0.6 is 0 Å². The van der Waals surface area contributed by atoms with Gasteiger partial charge in [-0.05, 0) is 41.5 Å². The van der Waals surface area contributed by atoms with E-state index in [4.69, 9.17) is 23.1 Å². The Morgan fingerprint density at radius 3 is 1.89 bits per heavy atom. The van der Waals surface area contributed by atoms with Gasteiger partial charge in [0.2, 0.25) is 0 Å². The van der Waals surface area contributed by atoms with Crippen molar-refractivity contribution in [3.8, 4) is 0 Å². The van der Waals surface area contributed by atoms with Gasteiger partial charge in [0.05, 0.1) is 25.1 Å². The number of hydrogen-bond donors (Lipinski definition) is 0. The second-order valence-electron chi connectivity index (χ2n) is 7.47. The topological polar surface area (TPSA) is 114 Å². The Balaban J connectivity index is 3.08. The monoisotopic (exact) mass is 410 g/mol. The molecule has 0 bridgehead atoms. The fourth-order valence-electron chi connectivity index (χ4n) is 2.53. The van der Waals surface area contributed by atoms with Crippen LogP contribution in [0.4, 0.5) is 0 Å². The Hall–Kier alpha value is -1.23. The van der Waals surface area contributed by atoms with E-state index in [0.29, 0.717) is 0 Å². The van der Waals surface area contributed by atoms with E-state index in [1.807, 2.05) is 0 Å². The molecule has 0 aliphatic carbocycles. The lowest BCUT2D eigenvalue weighted by Gasteiger charge is -2.26. The van der Waals surface area contributed by atoms with Crippen LogP contribution < -0.4 is 0 Å². The predicted molar refractivity (Wildman–Crippen MR) is 95.2 cm³/mol. The molecule has 2 atom stereocenters.